The highest BCUT2D eigenvalue weighted by Crippen LogP contribution is 2.28. The molecule has 2 rings (SSSR count). The quantitative estimate of drug-likeness (QED) is 0.745. The molecule has 0 bridgehead atoms. The Labute approximate surface area is 81.6 Å². The lowest BCUT2D eigenvalue weighted by atomic mass is 10.1. The smallest absolute Gasteiger partial charge is 0.0945 e. The summed E-state index contributed by atoms with van der Waals surface area (Å²) in [5.74, 6) is 0.727. The minimum absolute atomic E-state index is 0.159. The van der Waals surface area contributed by atoms with Crippen molar-refractivity contribution in [3.8, 4) is 0 Å². The lowest BCUT2D eigenvalue weighted by Gasteiger charge is -2.05. The summed E-state index contributed by atoms with van der Waals surface area (Å²) in [5.41, 5.74) is 6.65. The Morgan fingerprint density at radius 2 is 2.31 bits per heavy atom. The van der Waals surface area contributed by atoms with E-state index in [1.165, 1.54) is 0 Å². The van der Waals surface area contributed by atoms with E-state index in [1.54, 1.807) is 12.4 Å². The number of hydrogen-bond donors (Lipinski definition) is 1. The molecular weight excluding hydrogens is 186 g/mol. The van der Waals surface area contributed by atoms with Crippen LogP contribution in [0.1, 0.15) is 24.4 Å². The van der Waals surface area contributed by atoms with Crippen LogP contribution in [-0.4, -0.2) is 10.8 Å². The van der Waals surface area contributed by atoms with Gasteiger partial charge in [0.2, 0.25) is 0 Å². The van der Waals surface area contributed by atoms with Crippen molar-refractivity contribution in [3.05, 3.63) is 29.0 Å². The van der Waals surface area contributed by atoms with E-state index in [2.05, 4.69) is 9.98 Å². The van der Waals surface area contributed by atoms with Crippen LogP contribution in [0.15, 0.2) is 23.5 Å². The molecule has 1 unspecified atom stereocenters. The van der Waals surface area contributed by atoms with Gasteiger partial charge < -0.3 is 5.73 Å². The Kier molecular flexibility index (Phi) is 2.19. The van der Waals surface area contributed by atoms with Gasteiger partial charge in [-0.15, -0.1) is 0 Å². The van der Waals surface area contributed by atoms with Crippen LogP contribution in [0.25, 0.3) is 0 Å². The predicted octanol–water partition coefficient (Wildman–Crippen LogP) is 1.93. The molecule has 0 spiro atoms. The lowest BCUT2D eigenvalue weighted by Crippen LogP contribution is -2.05. The van der Waals surface area contributed by atoms with Gasteiger partial charge in [0, 0.05) is 18.8 Å². The fourth-order valence-corrected chi connectivity index (χ4v) is 1.65. The van der Waals surface area contributed by atoms with Gasteiger partial charge in [0.15, 0.2) is 0 Å². The number of amidine groups is 1. The van der Waals surface area contributed by atoms with Crippen molar-refractivity contribution in [2.75, 3.05) is 0 Å². The Balaban J connectivity index is 2.26. The van der Waals surface area contributed by atoms with Gasteiger partial charge >= 0.3 is 0 Å². The molecule has 1 atom stereocenters. The van der Waals surface area contributed by atoms with Crippen LogP contribution < -0.4 is 5.73 Å². The molecule has 1 aromatic heterocycles. The fourth-order valence-electron chi connectivity index (χ4n) is 1.47. The van der Waals surface area contributed by atoms with Crippen molar-refractivity contribution >= 4 is 17.4 Å². The molecular formula is C9H10ClN3. The van der Waals surface area contributed by atoms with Crippen LogP contribution in [0.2, 0.25) is 5.02 Å². The summed E-state index contributed by atoms with van der Waals surface area (Å²) in [4.78, 5) is 8.31. The summed E-state index contributed by atoms with van der Waals surface area (Å²) >= 11 is 5.82. The van der Waals surface area contributed by atoms with E-state index in [-0.39, 0.29) is 6.04 Å². The molecule has 1 aromatic rings. The van der Waals surface area contributed by atoms with E-state index in [1.807, 2.05) is 6.07 Å². The van der Waals surface area contributed by atoms with Gasteiger partial charge in [-0.2, -0.15) is 0 Å². The van der Waals surface area contributed by atoms with Crippen molar-refractivity contribution in [2.24, 2.45) is 10.7 Å². The number of halogens is 1. The molecule has 0 amide bonds. The first kappa shape index (κ1) is 8.51. The second kappa shape index (κ2) is 3.34. The standard InChI is InChI=1S/C9H10ClN3/c10-7-3-6(4-12-5-7)8-1-2-9(11)13-8/h3-5,8H,1-2H2,(H2,11,13). The van der Waals surface area contributed by atoms with Gasteiger partial charge in [-0.05, 0) is 18.1 Å². The third-order valence-corrected chi connectivity index (χ3v) is 2.31. The predicted molar refractivity (Wildman–Crippen MR) is 52.8 cm³/mol. The van der Waals surface area contributed by atoms with Crippen molar-refractivity contribution < 1.29 is 0 Å². The summed E-state index contributed by atoms with van der Waals surface area (Å²) in [6.45, 7) is 0. The normalized spacial score (nSPS) is 21.6. The number of aliphatic imine (C=N–C) groups is 1. The molecule has 13 heavy (non-hydrogen) atoms. The lowest BCUT2D eigenvalue weighted by molar-refractivity contribution is 0.719. The van der Waals surface area contributed by atoms with Crippen molar-refractivity contribution in [1.82, 2.24) is 4.98 Å². The summed E-state index contributed by atoms with van der Waals surface area (Å²) in [6, 6.07) is 2.05. The maximum absolute atomic E-state index is 5.82. The Bertz CT molecular complexity index is 348. The summed E-state index contributed by atoms with van der Waals surface area (Å²) in [6.07, 6.45) is 5.25. The summed E-state index contributed by atoms with van der Waals surface area (Å²) < 4.78 is 0. The van der Waals surface area contributed by atoms with E-state index >= 15 is 0 Å². The Morgan fingerprint density at radius 1 is 1.46 bits per heavy atom. The molecule has 1 aliphatic heterocycles. The number of pyridine rings is 1. The highest BCUT2D eigenvalue weighted by molar-refractivity contribution is 6.30. The van der Waals surface area contributed by atoms with E-state index in [9.17, 15) is 0 Å². The highest BCUT2D eigenvalue weighted by Gasteiger charge is 2.17. The monoisotopic (exact) mass is 195 g/mol. The van der Waals surface area contributed by atoms with E-state index in [0.29, 0.717) is 5.02 Å². The SMILES string of the molecule is NC1=NC(c2cncc(Cl)c2)CC1. The molecule has 4 heteroatoms. The highest BCUT2D eigenvalue weighted by atomic mass is 35.5. The van der Waals surface area contributed by atoms with Gasteiger partial charge in [-0.1, -0.05) is 11.6 Å². The largest absolute Gasteiger partial charge is 0.387 e. The van der Waals surface area contributed by atoms with Crippen LogP contribution >= 0.6 is 11.6 Å². The minimum atomic E-state index is 0.159. The average molecular weight is 196 g/mol. The fraction of sp³-hybridized carbons (Fsp3) is 0.333. The first-order chi connectivity index (χ1) is 6.25. The van der Waals surface area contributed by atoms with Crippen molar-refractivity contribution in [3.63, 3.8) is 0 Å². The van der Waals surface area contributed by atoms with Gasteiger partial charge in [0.25, 0.3) is 0 Å². The molecule has 0 aliphatic carbocycles. The van der Waals surface area contributed by atoms with Gasteiger partial charge in [0.1, 0.15) is 0 Å². The number of aromatic nitrogens is 1. The zero-order valence-corrected chi connectivity index (χ0v) is 7.83. The van der Waals surface area contributed by atoms with Crippen LogP contribution in [0.4, 0.5) is 0 Å². The summed E-state index contributed by atoms with van der Waals surface area (Å²) in [7, 11) is 0. The number of nitrogens with two attached hydrogens (primary N) is 1. The number of rotatable bonds is 1. The topological polar surface area (TPSA) is 51.3 Å². The van der Waals surface area contributed by atoms with Crippen LogP contribution in [-0.2, 0) is 0 Å². The third-order valence-electron chi connectivity index (χ3n) is 2.11. The Morgan fingerprint density at radius 3 is 2.92 bits per heavy atom. The van der Waals surface area contributed by atoms with Gasteiger partial charge in [0.05, 0.1) is 16.9 Å². The van der Waals surface area contributed by atoms with Crippen LogP contribution in [0.5, 0.6) is 0 Å². The minimum Gasteiger partial charge on any atom is -0.387 e. The van der Waals surface area contributed by atoms with Gasteiger partial charge in [-0.3, -0.25) is 9.98 Å². The van der Waals surface area contributed by atoms with E-state index in [0.717, 1.165) is 24.2 Å². The van der Waals surface area contributed by atoms with E-state index in [4.69, 9.17) is 17.3 Å². The molecule has 68 valence electrons. The maximum atomic E-state index is 5.82. The molecule has 0 fully saturated rings. The zero-order chi connectivity index (χ0) is 9.26. The van der Waals surface area contributed by atoms with Crippen LogP contribution in [0, 0.1) is 0 Å². The van der Waals surface area contributed by atoms with Crippen molar-refractivity contribution in [1.29, 1.82) is 0 Å². The average Bonchev–Trinajstić information content (AvgIpc) is 2.52. The number of hydrogen-bond acceptors (Lipinski definition) is 3. The summed E-state index contributed by atoms with van der Waals surface area (Å²) in [5, 5.41) is 0.651. The molecule has 0 radical (unpaired) electrons. The molecule has 0 saturated heterocycles. The molecule has 0 saturated carbocycles. The maximum Gasteiger partial charge on any atom is 0.0945 e. The Hall–Kier alpha value is -1.09. The third kappa shape index (κ3) is 1.80. The number of nitrogens with zero attached hydrogens (tertiary/aromatic N) is 2. The first-order valence-electron chi connectivity index (χ1n) is 4.18. The molecule has 1 aliphatic rings. The van der Waals surface area contributed by atoms with Gasteiger partial charge in [-0.25, -0.2) is 0 Å². The second-order valence-electron chi connectivity index (χ2n) is 3.11. The van der Waals surface area contributed by atoms with E-state index < -0.39 is 0 Å². The first-order valence-corrected chi connectivity index (χ1v) is 4.56. The second-order valence-corrected chi connectivity index (χ2v) is 3.55. The molecule has 2 heterocycles. The van der Waals surface area contributed by atoms with Crippen molar-refractivity contribution in [2.45, 2.75) is 18.9 Å². The van der Waals surface area contributed by atoms with Crippen LogP contribution in [0.3, 0.4) is 0 Å². The molecule has 3 nitrogen and oxygen atoms in total. The molecule has 0 aromatic carbocycles. The zero-order valence-electron chi connectivity index (χ0n) is 7.07. The molecule has 2 N–H and O–H groups in total.